The number of nitrogens with one attached hydrogen (secondary N) is 1. The third kappa shape index (κ3) is 3.92. The quantitative estimate of drug-likeness (QED) is 0.734. The molecule has 2 nitrogen and oxygen atoms in total. The number of benzene rings is 1. The Balaban J connectivity index is 2.37. The molecule has 14 heavy (non-hydrogen) atoms. The summed E-state index contributed by atoms with van der Waals surface area (Å²) >= 11 is 1.88. The Kier molecular flexibility index (Phi) is 4.66. The molecule has 0 heterocycles. The van der Waals surface area contributed by atoms with Crippen molar-refractivity contribution in [2.24, 2.45) is 5.92 Å². The summed E-state index contributed by atoms with van der Waals surface area (Å²) in [6.45, 7) is 3.25. The summed E-state index contributed by atoms with van der Waals surface area (Å²) in [6.07, 6.45) is 2.14. The third-order valence-electron chi connectivity index (χ3n) is 1.99. The first kappa shape index (κ1) is 11.2. The van der Waals surface area contributed by atoms with E-state index < -0.39 is 0 Å². The molecule has 0 radical (unpaired) electrons. The van der Waals surface area contributed by atoms with E-state index in [9.17, 15) is 0 Å². The minimum absolute atomic E-state index is 0.687. The van der Waals surface area contributed by atoms with E-state index in [0.29, 0.717) is 5.92 Å². The zero-order chi connectivity index (χ0) is 10.4. The van der Waals surface area contributed by atoms with Crippen LogP contribution in [0, 0.1) is 5.92 Å². The number of nitrogen functional groups attached to an aromatic ring is 1. The summed E-state index contributed by atoms with van der Waals surface area (Å²) in [5.74, 6) is 1.88. The summed E-state index contributed by atoms with van der Waals surface area (Å²) < 4.78 is 0. The highest BCUT2D eigenvalue weighted by Gasteiger charge is 2.00. The van der Waals surface area contributed by atoms with Crippen LogP contribution in [0.2, 0.25) is 0 Å². The average Bonchev–Trinajstić information content (AvgIpc) is 2.15. The maximum Gasteiger partial charge on any atom is 0.0360 e. The van der Waals surface area contributed by atoms with Crippen molar-refractivity contribution in [1.29, 1.82) is 0 Å². The first-order valence-corrected chi connectivity index (χ1v) is 6.20. The van der Waals surface area contributed by atoms with Gasteiger partial charge in [-0.1, -0.05) is 13.0 Å². The van der Waals surface area contributed by atoms with E-state index >= 15 is 0 Å². The minimum Gasteiger partial charge on any atom is -0.399 e. The van der Waals surface area contributed by atoms with Crippen LogP contribution in [0.5, 0.6) is 0 Å². The van der Waals surface area contributed by atoms with Crippen molar-refractivity contribution in [2.75, 3.05) is 29.6 Å². The van der Waals surface area contributed by atoms with Gasteiger partial charge >= 0.3 is 0 Å². The van der Waals surface area contributed by atoms with Gasteiger partial charge in [0.05, 0.1) is 0 Å². The predicted molar refractivity (Wildman–Crippen MR) is 66.9 cm³/mol. The van der Waals surface area contributed by atoms with Crippen LogP contribution in [0.15, 0.2) is 24.3 Å². The number of hydrogen-bond acceptors (Lipinski definition) is 3. The van der Waals surface area contributed by atoms with Crippen molar-refractivity contribution >= 4 is 23.1 Å². The van der Waals surface area contributed by atoms with Crippen molar-refractivity contribution in [3.63, 3.8) is 0 Å². The number of anilines is 2. The highest BCUT2D eigenvalue weighted by atomic mass is 32.2. The standard InChI is InChI=1S/C11H18N2S/c1-9(8-14-2)7-13-11-5-3-4-10(12)6-11/h3-6,9,13H,7-8,12H2,1-2H3. The summed E-state index contributed by atoms with van der Waals surface area (Å²) in [4.78, 5) is 0. The molecule has 0 aliphatic carbocycles. The zero-order valence-electron chi connectivity index (χ0n) is 8.79. The van der Waals surface area contributed by atoms with Crippen LogP contribution in [0.25, 0.3) is 0 Å². The second-order valence-corrected chi connectivity index (χ2v) is 4.48. The van der Waals surface area contributed by atoms with E-state index in [0.717, 1.165) is 17.9 Å². The average molecular weight is 210 g/mol. The lowest BCUT2D eigenvalue weighted by molar-refractivity contribution is 0.702. The summed E-state index contributed by atoms with van der Waals surface area (Å²) in [5, 5.41) is 3.38. The summed E-state index contributed by atoms with van der Waals surface area (Å²) in [7, 11) is 0. The van der Waals surface area contributed by atoms with E-state index in [-0.39, 0.29) is 0 Å². The van der Waals surface area contributed by atoms with Crippen LogP contribution in [-0.4, -0.2) is 18.6 Å². The molecule has 0 amide bonds. The maximum atomic E-state index is 5.68. The molecule has 78 valence electrons. The second kappa shape index (κ2) is 5.81. The van der Waals surface area contributed by atoms with Gasteiger partial charge in [0.1, 0.15) is 0 Å². The Hall–Kier alpha value is -0.830. The Labute approximate surface area is 90.3 Å². The molecule has 1 aromatic carbocycles. The Morgan fingerprint density at radius 2 is 2.29 bits per heavy atom. The molecule has 0 saturated heterocycles. The molecule has 1 atom stereocenters. The molecule has 1 aromatic rings. The zero-order valence-corrected chi connectivity index (χ0v) is 9.60. The lowest BCUT2D eigenvalue weighted by Gasteiger charge is -2.12. The second-order valence-electron chi connectivity index (χ2n) is 3.57. The first-order valence-electron chi connectivity index (χ1n) is 4.80. The van der Waals surface area contributed by atoms with E-state index in [1.54, 1.807) is 0 Å². The van der Waals surface area contributed by atoms with Gasteiger partial charge in [0.2, 0.25) is 0 Å². The fourth-order valence-corrected chi connectivity index (χ4v) is 1.97. The topological polar surface area (TPSA) is 38.0 Å². The Bertz CT molecular complexity index is 276. The summed E-state index contributed by atoms with van der Waals surface area (Å²) in [6, 6.07) is 7.88. The molecule has 1 rings (SSSR count). The highest BCUT2D eigenvalue weighted by Crippen LogP contribution is 2.13. The van der Waals surface area contributed by atoms with E-state index in [1.165, 1.54) is 5.75 Å². The molecule has 3 heteroatoms. The van der Waals surface area contributed by atoms with Crippen LogP contribution in [-0.2, 0) is 0 Å². The number of thioether (sulfide) groups is 1. The largest absolute Gasteiger partial charge is 0.399 e. The van der Waals surface area contributed by atoms with Crippen molar-refractivity contribution in [3.8, 4) is 0 Å². The lowest BCUT2D eigenvalue weighted by Crippen LogP contribution is -2.13. The predicted octanol–water partition coefficient (Wildman–Crippen LogP) is 2.68. The molecule has 1 unspecified atom stereocenters. The van der Waals surface area contributed by atoms with Gasteiger partial charge in [-0.3, -0.25) is 0 Å². The van der Waals surface area contributed by atoms with Crippen LogP contribution in [0.3, 0.4) is 0 Å². The maximum absolute atomic E-state index is 5.68. The molecular weight excluding hydrogens is 192 g/mol. The van der Waals surface area contributed by atoms with Gasteiger partial charge in [-0.2, -0.15) is 11.8 Å². The van der Waals surface area contributed by atoms with Crippen molar-refractivity contribution in [2.45, 2.75) is 6.92 Å². The van der Waals surface area contributed by atoms with Crippen LogP contribution >= 0.6 is 11.8 Å². The van der Waals surface area contributed by atoms with Gasteiger partial charge < -0.3 is 11.1 Å². The van der Waals surface area contributed by atoms with Crippen LogP contribution in [0.4, 0.5) is 11.4 Å². The van der Waals surface area contributed by atoms with Gasteiger partial charge in [-0.25, -0.2) is 0 Å². The number of hydrogen-bond donors (Lipinski definition) is 2. The number of rotatable bonds is 5. The molecular formula is C11H18N2S. The molecule has 0 aliphatic heterocycles. The van der Waals surface area contributed by atoms with Crippen molar-refractivity contribution < 1.29 is 0 Å². The van der Waals surface area contributed by atoms with Gasteiger partial charge in [-0.15, -0.1) is 0 Å². The number of nitrogens with two attached hydrogens (primary N) is 1. The van der Waals surface area contributed by atoms with E-state index in [1.807, 2.05) is 36.0 Å². The molecule has 0 spiro atoms. The van der Waals surface area contributed by atoms with Gasteiger partial charge in [0.25, 0.3) is 0 Å². The highest BCUT2D eigenvalue weighted by molar-refractivity contribution is 7.98. The third-order valence-corrected chi connectivity index (χ3v) is 2.89. The summed E-state index contributed by atoms with van der Waals surface area (Å²) in [5.41, 5.74) is 7.60. The monoisotopic (exact) mass is 210 g/mol. The molecule has 0 aliphatic rings. The Morgan fingerprint density at radius 3 is 2.93 bits per heavy atom. The molecule has 0 fully saturated rings. The van der Waals surface area contributed by atoms with Gasteiger partial charge in [0.15, 0.2) is 0 Å². The SMILES string of the molecule is CSCC(C)CNc1cccc(N)c1. The normalized spacial score (nSPS) is 12.4. The molecule has 0 saturated carbocycles. The molecule has 0 bridgehead atoms. The van der Waals surface area contributed by atoms with Crippen LogP contribution in [0.1, 0.15) is 6.92 Å². The van der Waals surface area contributed by atoms with Crippen LogP contribution < -0.4 is 11.1 Å². The fraction of sp³-hybridized carbons (Fsp3) is 0.455. The van der Waals surface area contributed by atoms with Crippen molar-refractivity contribution in [3.05, 3.63) is 24.3 Å². The smallest absolute Gasteiger partial charge is 0.0360 e. The molecule has 0 aromatic heterocycles. The Morgan fingerprint density at radius 1 is 1.50 bits per heavy atom. The van der Waals surface area contributed by atoms with E-state index in [2.05, 4.69) is 18.5 Å². The van der Waals surface area contributed by atoms with E-state index in [4.69, 9.17) is 5.73 Å². The lowest BCUT2D eigenvalue weighted by atomic mass is 10.2. The van der Waals surface area contributed by atoms with Gasteiger partial charge in [-0.05, 0) is 36.1 Å². The van der Waals surface area contributed by atoms with Gasteiger partial charge in [0, 0.05) is 17.9 Å². The first-order chi connectivity index (χ1) is 6.72. The molecule has 3 N–H and O–H groups in total. The van der Waals surface area contributed by atoms with Crippen molar-refractivity contribution in [1.82, 2.24) is 0 Å². The minimum atomic E-state index is 0.687. The fourth-order valence-electron chi connectivity index (χ4n) is 1.28.